The lowest BCUT2D eigenvalue weighted by Crippen LogP contribution is -2.29. The average Bonchev–Trinajstić information content (AvgIpc) is 2.52. The van der Waals surface area contributed by atoms with Crippen molar-refractivity contribution >= 4 is 20.2 Å². The Morgan fingerprint density at radius 3 is 2.38 bits per heavy atom. The van der Waals surface area contributed by atoms with Gasteiger partial charge in [-0.05, 0) is 38.6 Å². The molecule has 1 atom stereocenters. The van der Waals surface area contributed by atoms with Crippen molar-refractivity contribution in [3.63, 3.8) is 0 Å². The summed E-state index contributed by atoms with van der Waals surface area (Å²) in [4.78, 5) is 33.5. The molecule has 0 spiro atoms. The Morgan fingerprint density at radius 2 is 1.88 bits per heavy atom. The van der Waals surface area contributed by atoms with Crippen LogP contribution in [0.4, 0.5) is 0 Å². The van der Waals surface area contributed by atoms with Crippen molar-refractivity contribution < 1.29 is 19.1 Å². The molecule has 0 aromatic heterocycles. The first-order valence-electron chi connectivity index (χ1n) is 7.72. The van der Waals surface area contributed by atoms with Gasteiger partial charge in [-0.1, -0.05) is 37.3 Å². The van der Waals surface area contributed by atoms with Crippen LogP contribution in [0.1, 0.15) is 27.2 Å². The lowest BCUT2D eigenvalue weighted by Gasteiger charge is -2.09. The summed E-state index contributed by atoms with van der Waals surface area (Å²) in [7, 11) is -4.01. The number of allylic oxidation sites excluding steroid dienone is 6. The first-order valence-corrected chi connectivity index (χ1v) is 9.51. The molecule has 0 saturated carbocycles. The van der Waals surface area contributed by atoms with Gasteiger partial charge < -0.3 is 15.1 Å². The number of nitrogens with zero attached hydrogens (tertiary/aromatic N) is 1. The van der Waals surface area contributed by atoms with Gasteiger partial charge in [0.25, 0.3) is 0 Å². The highest BCUT2D eigenvalue weighted by Crippen LogP contribution is 2.34. The van der Waals surface area contributed by atoms with Crippen molar-refractivity contribution in [1.82, 2.24) is 5.32 Å². The largest absolute Gasteiger partial charge is 0.356 e. The van der Waals surface area contributed by atoms with E-state index in [0.29, 0.717) is 5.70 Å². The molecule has 6 nitrogen and oxygen atoms in total. The van der Waals surface area contributed by atoms with Gasteiger partial charge in [0.15, 0.2) is 0 Å². The molecule has 0 aromatic rings. The van der Waals surface area contributed by atoms with Crippen LogP contribution in [0.2, 0.25) is 0 Å². The first kappa shape index (κ1) is 22.2. The van der Waals surface area contributed by atoms with Crippen molar-refractivity contribution in [1.29, 1.82) is 0 Å². The number of hydrogen-bond donors (Lipinski definition) is 3. The fourth-order valence-corrected chi connectivity index (χ4v) is 2.37. The zero-order valence-electron chi connectivity index (χ0n) is 14.5. The molecule has 0 aliphatic rings. The normalized spacial score (nSPS) is 15.0. The van der Waals surface area contributed by atoms with E-state index in [1.165, 1.54) is 0 Å². The maximum Gasteiger partial charge on any atom is 0.325 e. The molecule has 3 N–H and O–H groups in total. The van der Waals surface area contributed by atoms with Crippen LogP contribution in [0.5, 0.6) is 0 Å². The second-order valence-electron chi connectivity index (χ2n) is 5.18. The van der Waals surface area contributed by atoms with E-state index >= 15 is 0 Å². The highest BCUT2D eigenvalue weighted by atomic mass is 31.2. The minimum absolute atomic E-state index is 0.198. The third-order valence-corrected chi connectivity index (χ3v) is 3.94. The zero-order chi connectivity index (χ0) is 18.6. The third kappa shape index (κ3) is 10.1. The van der Waals surface area contributed by atoms with Crippen molar-refractivity contribution in [2.24, 2.45) is 10.9 Å². The molecule has 24 heavy (non-hydrogen) atoms. The predicted molar refractivity (Wildman–Crippen MR) is 99.0 cm³/mol. The Bertz CT molecular complexity index is 585. The monoisotopic (exact) mass is 354 g/mol. The molecule has 0 aliphatic carbocycles. The first-order chi connectivity index (χ1) is 11.2. The van der Waals surface area contributed by atoms with Gasteiger partial charge in [0.05, 0.1) is 17.8 Å². The van der Waals surface area contributed by atoms with Gasteiger partial charge in [-0.3, -0.25) is 14.4 Å². The quantitative estimate of drug-likeness (QED) is 0.243. The van der Waals surface area contributed by atoms with Crippen LogP contribution in [0.15, 0.2) is 52.7 Å². The van der Waals surface area contributed by atoms with E-state index in [1.807, 2.05) is 44.2 Å². The minimum Gasteiger partial charge on any atom is -0.356 e. The van der Waals surface area contributed by atoms with E-state index in [0.717, 1.165) is 5.57 Å². The van der Waals surface area contributed by atoms with Crippen LogP contribution in [-0.4, -0.2) is 35.1 Å². The van der Waals surface area contributed by atoms with Crippen LogP contribution in [0.25, 0.3) is 0 Å². The number of aliphatic imine (C=N–C) groups is 1. The SMILES string of the molecule is C=NC(/C=C\C)=C(/C=C\C)\C=C/C(C)C(=O)NCCCP(=O)(O)O. The summed E-state index contributed by atoms with van der Waals surface area (Å²) in [5.41, 5.74) is 1.55. The molecular formula is C17H27N2O4P. The summed E-state index contributed by atoms with van der Waals surface area (Å²) in [6.07, 6.45) is 11.0. The van der Waals surface area contributed by atoms with Crippen LogP contribution in [0, 0.1) is 5.92 Å². The van der Waals surface area contributed by atoms with Gasteiger partial charge in [0.2, 0.25) is 5.91 Å². The van der Waals surface area contributed by atoms with E-state index in [9.17, 15) is 9.36 Å². The Morgan fingerprint density at radius 1 is 1.25 bits per heavy atom. The molecule has 1 unspecified atom stereocenters. The summed E-state index contributed by atoms with van der Waals surface area (Å²) in [5, 5.41) is 2.66. The summed E-state index contributed by atoms with van der Waals surface area (Å²) in [6.45, 7) is 9.30. The van der Waals surface area contributed by atoms with E-state index < -0.39 is 7.60 Å². The molecular weight excluding hydrogens is 327 g/mol. The van der Waals surface area contributed by atoms with Gasteiger partial charge in [-0.2, -0.15) is 0 Å². The Kier molecular flexibility index (Phi) is 10.9. The van der Waals surface area contributed by atoms with Crippen LogP contribution in [-0.2, 0) is 9.36 Å². The molecule has 0 aliphatic heterocycles. The highest BCUT2D eigenvalue weighted by Gasteiger charge is 2.13. The molecule has 1 amide bonds. The average molecular weight is 354 g/mol. The molecule has 0 aromatic carbocycles. The van der Waals surface area contributed by atoms with Gasteiger partial charge in [-0.15, -0.1) is 0 Å². The summed E-state index contributed by atoms with van der Waals surface area (Å²) < 4.78 is 10.7. The standard InChI is InChI=1S/C17H27N2O4P/c1-5-8-15(16(18-4)9-6-2)11-10-14(3)17(20)19-12-7-13-24(21,22)23/h5-6,8-11,14H,4,7,12-13H2,1-3H3,(H,19,20)(H2,21,22,23)/b8-5-,9-6-,11-10-,16-15-. The van der Waals surface area contributed by atoms with Gasteiger partial charge in [0, 0.05) is 6.54 Å². The summed E-state index contributed by atoms with van der Waals surface area (Å²) >= 11 is 0. The third-order valence-electron chi connectivity index (χ3n) is 3.04. The van der Waals surface area contributed by atoms with Gasteiger partial charge in [-0.25, -0.2) is 0 Å². The number of carbonyl (C=O) groups excluding carboxylic acids is 1. The van der Waals surface area contributed by atoms with Crippen LogP contribution < -0.4 is 5.32 Å². The number of nitrogens with one attached hydrogen (secondary N) is 1. The number of hydrogen-bond acceptors (Lipinski definition) is 3. The second kappa shape index (κ2) is 11.7. The minimum atomic E-state index is -4.01. The molecule has 0 rings (SSSR count). The Balaban J connectivity index is 4.77. The molecule has 0 saturated heterocycles. The van der Waals surface area contributed by atoms with Crippen molar-refractivity contribution in [3.8, 4) is 0 Å². The fraction of sp³-hybridized carbons (Fsp3) is 0.412. The van der Waals surface area contributed by atoms with E-state index in [4.69, 9.17) is 9.79 Å². The van der Waals surface area contributed by atoms with Gasteiger partial charge >= 0.3 is 7.60 Å². The van der Waals surface area contributed by atoms with Crippen molar-refractivity contribution in [2.45, 2.75) is 27.2 Å². The lowest BCUT2D eigenvalue weighted by molar-refractivity contribution is -0.123. The van der Waals surface area contributed by atoms with Crippen molar-refractivity contribution in [3.05, 3.63) is 47.7 Å². The van der Waals surface area contributed by atoms with E-state index in [-0.39, 0.29) is 31.0 Å². The molecule has 7 heteroatoms. The molecule has 0 radical (unpaired) electrons. The number of amides is 1. The number of carbonyl (C=O) groups is 1. The Hall–Kier alpha value is -1.75. The predicted octanol–water partition coefficient (Wildman–Crippen LogP) is 2.97. The molecule has 0 bridgehead atoms. The Labute approximate surface area is 143 Å². The highest BCUT2D eigenvalue weighted by molar-refractivity contribution is 7.51. The lowest BCUT2D eigenvalue weighted by atomic mass is 10.1. The molecule has 0 fully saturated rings. The molecule has 0 heterocycles. The van der Waals surface area contributed by atoms with Gasteiger partial charge in [0.1, 0.15) is 0 Å². The smallest absolute Gasteiger partial charge is 0.325 e. The topological polar surface area (TPSA) is 99.0 Å². The molecule has 134 valence electrons. The fourth-order valence-electron chi connectivity index (χ4n) is 1.80. The zero-order valence-corrected chi connectivity index (χ0v) is 15.4. The second-order valence-corrected chi connectivity index (χ2v) is 6.96. The number of rotatable bonds is 10. The van der Waals surface area contributed by atoms with Crippen LogP contribution >= 0.6 is 7.60 Å². The summed E-state index contributed by atoms with van der Waals surface area (Å²) in [5.74, 6) is -0.576. The summed E-state index contributed by atoms with van der Waals surface area (Å²) in [6, 6.07) is 0. The van der Waals surface area contributed by atoms with Crippen LogP contribution in [0.3, 0.4) is 0 Å². The van der Waals surface area contributed by atoms with E-state index in [1.54, 1.807) is 13.0 Å². The van der Waals surface area contributed by atoms with E-state index in [2.05, 4.69) is 17.0 Å². The maximum absolute atomic E-state index is 12.0. The maximum atomic E-state index is 12.0. The van der Waals surface area contributed by atoms with Crippen molar-refractivity contribution in [2.75, 3.05) is 12.7 Å².